The fourth-order valence-electron chi connectivity index (χ4n) is 3.35. The number of alkyl halides is 1. The molecule has 3 nitrogen and oxygen atoms in total. The smallest absolute Gasteiger partial charge is 0.315 e. The van der Waals surface area contributed by atoms with Crippen LogP contribution in [0.5, 0.6) is 0 Å². The zero-order valence-corrected chi connectivity index (χ0v) is 19.4. The molecule has 1 aliphatic rings. The van der Waals surface area contributed by atoms with E-state index in [1.807, 2.05) is 12.1 Å². The minimum Gasteiger partial charge on any atom is -0.468 e. The number of halogens is 1. The molecule has 144 valence electrons. The molecule has 1 aromatic carbocycles. The number of methoxy groups -OCH3 is 1. The summed E-state index contributed by atoms with van der Waals surface area (Å²) in [5, 5.41) is 0.850. The fraction of sp³-hybridized carbons (Fsp3) is 0.571. The second kappa shape index (κ2) is 7.25. The van der Waals surface area contributed by atoms with Crippen molar-refractivity contribution < 1.29 is 14.0 Å². The number of hydrogen-bond donors (Lipinski definition) is 0. The van der Waals surface area contributed by atoms with Crippen LogP contribution in [-0.2, 0) is 25.7 Å². The van der Waals surface area contributed by atoms with Gasteiger partial charge in [0.25, 0.3) is 0 Å². The molecule has 26 heavy (non-hydrogen) atoms. The van der Waals surface area contributed by atoms with Crippen LogP contribution in [0.2, 0.25) is 18.1 Å². The molecule has 1 saturated carbocycles. The molecular weight excluding hydrogens is 408 g/mol. The lowest BCUT2D eigenvalue weighted by atomic mass is 9.91. The number of carbonyl (C=O) groups is 1. The van der Waals surface area contributed by atoms with E-state index in [0.29, 0.717) is 12.8 Å². The molecule has 1 aliphatic carbocycles. The average molecular weight is 439 g/mol. The normalized spacial score (nSPS) is 25.7. The highest BCUT2D eigenvalue weighted by Crippen LogP contribution is 2.64. The van der Waals surface area contributed by atoms with E-state index in [1.165, 1.54) is 12.7 Å². The molecule has 0 amide bonds. The summed E-state index contributed by atoms with van der Waals surface area (Å²) in [6.07, 6.45) is 3.06. The van der Waals surface area contributed by atoms with Gasteiger partial charge in [-0.1, -0.05) is 67.0 Å². The largest absolute Gasteiger partial charge is 0.468 e. The van der Waals surface area contributed by atoms with Crippen LogP contribution in [0.25, 0.3) is 0 Å². The van der Waals surface area contributed by atoms with Gasteiger partial charge in [0.2, 0.25) is 0 Å². The highest BCUT2D eigenvalue weighted by molar-refractivity contribution is 9.08. The molecule has 0 unspecified atom stereocenters. The quantitative estimate of drug-likeness (QED) is 0.239. The van der Waals surface area contributed by atoms with Crippen LogP contribution in [-0.4, -0.2) is 27.0 Å². The number of carbonyl (C=O) groups excluding carboxylic acids is 1. The van der Waals surface area contributed by atoms with Crippen molar-refractivity contribution in [3.63, 3.8) is 0 Å². The van der Waals surface area contributed by atoms with Crippen molar-refractivity contribution in [2.75, 3.05) is 7.11 Å². The Bertz CT molecular complexity index is 695. The number of rotatable bonds is 7. The van der Waals surface area contributed by atoms with Gasteiger partial charge in [-0.25, -0.2) is 0 Å². The molecule has 5 heteroatoms. The van der Waals surface area contributed by atoms with Gasteiger partial charge in [-0.2, -0.15) is 0 Å². The van der Waals surface area contributed by atoms with Gasteiger partial charge in [0.1, 0.15) is 5.41 Å². The fourth-order valence-corrected chi connectivity index (χ4v) is 5.27. The van der Waals surface area contributed by atoms with Gasteiger partial charge < -0.3 is 9.16 Å². The van der Waals surface area contributed by atoms with Crippen molar-refractivity contribution >= 4 is 30.2 Å². The number of benzene rings is 1. The second-order valence-corrected chi connectivity index (χ2v) is 14.1. The lowest BCUT2D eigenvalue weighted by molar-refractivity contribution is -0.149. The molecule has 1 aromatic rings. The molecule has 0 radical (unpaired) electrons. The number of ether oxygens (including phenoxy) is 1. The van der Waals surface area contributed by atoms with E-state index in [9.17, 15) is 4.79 Å². The van der Waals surface area contributed by atoms with Crippen molar-refractivity contribution in [3.8, 4) is 0 Å². The minimum absolute atomic E-state index is 0.0589. The third-order valence-corrected chi connectivity index (χ3v) is 11.2. The highest BCUT2D eigenvalue weighted by atomic mass is 79.9. The Morgan fingerprint density at radius 2 is 1.96 bits per heavy atom. The predicted molar refractivity (Wildman–Crippen MR) is 113 cm³/mol. The van der Waals surface area contributed by atoms with E-state index in [0.717, 1.165) is 10.9 Å². The van der Waals surface area contributed by atoms with Crippen molar-refractivity contribution in [3.05, 3.63) is 48.0 Å². The van der Waals surface area contributed by atoms with Crippen molar-refractivity contribution in [2.45, 2.75) is 62.7 Å². The predicted octanol–water partition coefficient (Wildman–Crippen LogP) is 5.63. The van der Waals surface area contributed by atoms with Gasteiger partial charge in [-0.3, -0.25) is 4.79 Å². The zero-order chi connectivity index (χ0) is 19.8. The van der Waals surface area contributed by atoms with Gasteiger partial charge in [0.05, 0.1) is 12.7 Å². The Balaban J connectivity index is 2.39. The third kappa shape index (κ3) is 3.71. The molecule has 0 saturated heterocycles. The lowest BCUT2D eigenvalue weighted by Gasteiger charge is -2.40. The first-order valence-corrected chi connectivity index (χ1v) is 13.1. The van der Waals surface area contributed by atoms with Crippen LogP contribution >= 0.6 is 15.9 Å². The van der Waals surface area contributed by atoms with Crippen molar-refractivity contribution in [2.24, 2.45) is 5.41 Å². The van der Waals surface area contributed by atoms with Crippen LogP contribution < -0.4 is 0 Å². The van der Waals surface area contributed by atoms with Crippen LogP contribution in [0.4, 0.5) is 0 Å². The summed E-state index contributed by atoms with van der Waals surface area (Å²) in [6, 6.07) is 8.31. The standard InChI is InChI=1S/C21H31BrO3Si/c1-8-21(25-26(6,7)19(2,3)4)15-20(21,18(23)24-5)13-16-10-9-11-17(12-16)14-22/h8-12H,1,13-15H2,2-7H3/t20-,21+/m0/s1. The van der Waals surface area contributed by atoms with Crippen molar-refractivity contribution in [1.82, 2.24) is 0 Å². The molecular formula is C21H31BrO3Si. The maximum Gasteiger partial charge on any atom is 0.315 e. The van der Waals surface area contributed by atoms with Crippen molar-refractivity contribution in [1.29, 1.82) is 0 Å². The lowest BCUT2D eigenvalue weighted by Crippen LogP contribution is -2.47. The van der Waals surface area contributed by atoms with Crippen LogP contribution in [0.1, 0.15) is 38.3 Å². The minimum atomic E-state index is -2.07. The van der Waals surface area contributed by atoms with E-state index in [2.05, 4.69) is 74.6 Å². The molecule has 2 rings (SSSR count). The van der Waals surface area contributed by atoms with Gasteiger partial charge in [0.15, 0.2) is 8.32 Å². The van der Waals surface area contributed by atoms with Gasteiger partial charge in [-0.05, 0) is 42.1 Å². The summed E-state index contributed by atoms with van der Waals surface area (Å²) >= 11 is 3.50. The first kappa shape index (κ1) is 21.4. The maximum atomic E-state index is 12.8. The summed E-state index contributed by atoms with van der Waals surface area (Å²) in [5.41, 5.74) is 0.977. The van der Waals surface area contributed by atoms with E-state index < -0.39 is 19.3 Å². The second-order valence-electron chi connectivity index (χ2n) is 8.84. The SMILES string of the molecule is C=C[C@@]1(O[Si](C)(C)C(C)(C)C)C[C@@]1(Cc1cccc(CBr)c1)C(=O)OC. The highest BCUT2D eigenvalue weighted by Gasteiger charge is 2.73. The summed E-state index contributed by atoms with van der Waals surface area (Å²) in [4.78, 5) is 12.8. The third-order valence-electron chi connectivity index (χ3n) is 6.05. The first-order chi connectivity index (χ1) is 12.0. The zero-order valence-electron chi connectivity index (χ0n) is 16.8. The van der Waals surface area contributed by atoms with Crippen LogP contribution in [0.3, 0.4) is 0 Å². The maximum absolute atomic E-state index is 12.8. The van der Waals surface area contributed by atoms with Gasteiger partial charge >= 0.3 is 5.97 Å². The Morgan fingerprint density at radius 3 is 2.46 bits per heavy atom. The Hall–Kier alpha value is -0.913. The summed E-state index contributed by atoms with van der Waals surface area (Å²) in [5.74, 6) is -0.208. The molecule has 0 heterocycles. The molecule has 1 fully saturated rings. The summed E-state index contributed by atoms with van der Waals surface area (Å²) in [7, 11) is -0.612. The molecule has 0 aliphatic heterocycles. The van der Waals surface area contributed by atoms with E-state index >= 15 is 0 Å². The molecule has 0 spiro atoms. The monoisotopic (exact) mass is 438 g/mol. The van der Waals surface area contributed by atoms with E-state index in [-0.39, 0.29) is 11.0 Å². The Kier molecular flexibility index (Phi) is 5.96. The van der Waals surface area contributed by atoms with E-state index in [1.54, 1.807) is 0 Å². The van der Waals surface area contributed by atoms with Gasteiger partial charge in [-0.15, -0.1) is 6.58 Å². The summed E-state index contributed by atoms with van der Waals surface area (Å²) in [6.45, 7) is 15.1. The van der Waals surface area contributed by atoms with Crippen LogP contribution in [0.15, 0.2) is 36.9 Å². The van der Waals surface area contributed by atoms with Gasteiger partial charge in [0, 0.05) is 5.33 Å². The Labute approximate surface area is 167 Å². The Morgan fingerprint density at radius 1 is 1.35 bits per heavy atom. The number of hydrogen-bond acceptors (Lipinski definition) is 3. The average Bonchev–Trinajstić information content (AvgIpc) is 3.20. The molecule has 2 atom stereocenters. The molecule has 0 aromatic heterocycles. The molecule has 0 bridgehead atoms. The topological polar surface area (TPSA) is 35.5 Å². The number of esters is 1. The van der Waals surface area contributed by atoms with E-state index in [4.69, 9.17) is 9.16 Å². The van der Waals surface area contributed by atoms with Crippen LogP contribution in [0, 0.1) is 5.41 Å². The molecule has 0 N–H and O–H groups in total. The summed E-state index contributed by atoms with van der Waals surface area (Å²) < 4.78 is 11.9. The first-order valence-electron chi connectivity index (χ1n) is 9.03.